The normalized spacial score (nSPS) is 12.9. The standard InChI is InChI=1S/C14H15ClN2O2/c1-2-17(6-4-15)14-11-8-13-12(18-9-19-13)7-10(11)3-5-16-14/h3,5,7-8H,2,4,6,9H2,1H3. The highest BCUT2D eigenvalue weighted by molar-refractivity contribution is 6.18. The Morgan fingerprint density at radius 3 is 2.84 bits per heavy atom. The molecule has 5 heteroatoms. The zero-order chi connectivity index (χ0) is 13.2. The van der Waals surface area contributed by atoms with Crippen LogP contribution >= 0.6 is 11.6 Å². The second-order valence-corrected chi connectivity index (χ2v) is 4.71. The number of ether oxygens (including phenoxy) is 2. The molecule has 0 bridgehead atoms. The van der Waals surface area contributed by atoms with Gasteiger partial charge in [0.2, 0.25) is 6.79 Å². The van der Waals surface area contributed by atoms with Gasteiger partial charge < -0.3 is 14.4 Å². The predicted molar refractivity (Wildman–Crippen MR) is 76.5 cm³/mol. The van der Waals surface area contributed by atoms with Gasteiger partial charge in [0.25, 0.3) is 0 Å². The molecule has 3 rings (SSSR count). The number of hydrogen-bond donors (Lipinski definition) is 0. The van der Waals surface area contributed by atoms with Crippen LogP contribution in [0.15, 0.2) is 24.4 Å². The number of pyridine rings is 1. The topological polar surface area (TPSA) is 34.6 Å². The summed E-state index contributed by atoms with van der Waals surface area (Å²) in [5.41, 5.74) is 0. The van der Waals surface area contributed by atoms with Crippen molar-refractivity contribution in [1.82, 2.24) is 4.98 Å². The van der Waals surface area contributed by atoms with Crippen LogP contribution in [-0.4, -0.2) is 30.7 Å². The van der Waals surface area contributed by atoms with Crippen LogP contribution in [0.5, 0.6) is 11.5 Å². The largest absolute Gasteiger partial charge is 0.454 e. The van der Waals surface area contributed by atoms with Crippen molar-refractivity contribution in [2.75, 3.05) is 30.7 Å². The molecular formula is C14H15ClN2O2. The molecule has 2 heterocycles. The van der Waals surface area contributed by atoms with E-state index >= 15 is 0 Å². The van der Waals surface area contributed by atoms with Crippen molar-refractivity contribution in [3.8, 4) is 11.5 Å². The van der Waals surface area contributed by atoms with Crippen LogP contribution in [0.2, 0.25) is 0 Å². The van der Waals surface area contributed by atoms with Crippen LogP contribution in [0.1, 0.15) is 6.92 Å². The average Bonchev–Trinajstić information content (AvgIpc) is 2.89. The van der Waals surface area contributed by atoms with Crippen LogP contribution in [0.3, 0.4) is 0 Å². The highest BCUT2D eigenvalue weighted by atomic mass is 35.5. The Balaban J connectivity index is 2.14. The van der Waals surface area contributed by atoms with Crippen molar-refractivity contribution in [1.29, 1.82) is 0 Å². The van der Waals surface area contributed by atoms with Crippen LogP contribution in [0.4, 0.5) is 5.82 Å². The predicted octanol–water partition coefficient (Wildman–Crippen LogP) is 3.03. The van der Waals surface area contributed by atoms with Gasteiger partial charge in [0.15, 0.2) is 11.5 Å². The van der Waals surface area contributed by atoms with E-state index in [1.54, 1.807) is 0 Å². The van der Waals surface area contributed by atoms with Gasteiger partial charge in [-0.25, -0.2) is 4.98 Å². The smallest absolute Gasteiger partial charge is 0.231 e. The number of fused-ring (bicyclic) bond motifs is 2. The Morgan fingerprint density at radius 1 is 1.32 bits per heavy atom. The number of alkyl halides is 1. The maximum atomic E-state index is 5.86. The molecule has 1 aliphatic heterocycles. The molecule has 0 fully saturated rings. The zero-order valence-corrected chi connectivity index (χ0v) is 11.5. The summed E-state index contributed by atoms with van der Waals surface area (Å²) in [6, 6.07) is 5.98. The van der Waals surface area contributed by atoms with Crippen molar-refractivity contribution in [2.45, 2.75) is 6.92 Å². The number of rotatable bonds is 4. The summed E-state index contributed by atoms with van der Waals surface area (Å²) in [6.07, 6.45) is 1.82. The van der Waals surface area contributed by atoms with Crippen LogP contribution in [0, 0.1) is 0 Å². The van der Waals surface area contributed by atoms with E-state index in [2.05, 4.69) is 16.8 Å². The minimum Gasteiger partial charge on any atom is -0.454 e. The van der Waals surface area contributed by atoms with Gasteiger partial charge in [-0.05, 0) is 30.5 Å². The first-order valence-electron chi connectivity index (χ1n) is 6.32. The van der Waals surface area contributed by atoms with Crippen molar-refractivity contribution in [2.24, 2.45) is 0 Å². The highest BCUT2D eigenvalue weighted by Gasteiger charge is 2.17. The third kappa shape index (κ3) is 2.16. The Hall–Kier alpha value is -1.68. The lowest BCUT2D eigenvalue weighted by Gasteiger charge is -2.22. The highest BCUT2D eigenvalue weighted by Crippen LogP contribution is 2.38. The second-order valence-electron chi connectivity index (χ2n) is 4.33. The summed E-state index contributed by atoms with van der Waals surface area (Å²) >= 11 is 5.86. The molecule has 0 unspecified atom stereocenters. The molecule has 19 heavy (non-hydrogen) atoms. The molecule has 0 saturated carbocycles. The van der Waals surface area contributed by atoms with Gasteiger partial charge in [0.05, 0.1) is 0 Å². The number of anilines is 1. The summed E-state index contributed by atoms with van der Waals surface area (Å²) in [5.74, 6) is 3.10. The van der Waals surface area contributed by atoms with Crippen LogP contribution in [0.25, 0.3) is 10.8 Å². The Labute approximate surface area is 116 Å². The van der Waals surface area contributed by atoms with Gasteiger partial charge >= 0.3 is 0 Å². The average molecular weight is 279 g/mol. The fourth-order valence-corrected chi connectivity index (χ4v) is 2.52. The Bertz CT molecular complexity index is 603. The number of halogens is 1. The molecular weight excluding hydrogens is 264 g/mol. The molecule has 4 nitrogen and oxygen atoms in total. The second kappa shape index (κ2) is 5.13. The van der Waals surface area contributed by atoms with Crippen molar-refractivity contribution >= 4 is 28.2 Å². The number of aromatic nitrogens is 1. The molecule has 0 aliphatic carbocycles. The Kier molecular flexibility index (Phi) is 3.34. The molecule has 0 radical (unpaired) electrons. The fraction of sp³-hybridized carbons (Fsp3) is 0.357. The molecule has 0 amide bonds. The quantitative estimate of drug-likeness (QED) is 0.805. The maximum Gasteiger partial charge on any atom is 0.231 e. The van der Waals surface area contributed by atoms with Crippen molar-refractivity contribution in [3.05, 3.63) is 24.4 Å². The summed E-state index contributed by atoms with van der Waals surface area (Å²) < 4.78 is 10.8. The van der Waals surface area contributed by atoms with Gasteiger partial charge in [-0.15, -0.1) is 11.6 Å². The summed E-state index contributed by atoms with van der Waals surface area (Å²) in [6.45, 7) is 4.03. The third-order valence-corrected chi connectivity index (χ3v) is 3.44. The molecule has 0 atom stereocenters. The van der Waals surface area contributed by atoms with Crippen LogP contribution in [-0.2, 0) is 0 Å². The first-order valence-corrected chi connectivity index (χ1v) is 6.86. The van der Waals surface area contributed by atoms with Gasteiger partial charge in [-0.1, -0.05) is 0 Å². The monoisotopic (exact) mass is 278 g/mol. The van der Waals surface area contributed by atoms with Gasteiger partial charge in [-0.3, -0.25) is 0 Å². The lowest BCUT2D eigenvalue weighted by atomic mass is 10.1. The molecule has 0 saturated heterocycles. The zero-order valence-electron chi connectivity index (χ0n) is 10.7. The van der Waals surface area contributed by atoms with Gasteiger partial charge in [-0.2, -0.15) is 0 Å². The van der Waals surface area contributed by atoms with E-state index in [0.29, 0.717) is 5.88 Å². The van der Waals surface area contributed by atoms with E-state index in [1.807, 2.05) is 24.4 Å². The number of hydrogen-bond acceptors (Lipinski definition) is 4. The van der Waals surface area contributed by atoms with E-state index in [-0.39, 0.29) is 6.79 Å². The summed E-state index contributed by atoms with van der Waals surface area (Å²) in [4.78, 5) is 6.66. The lowest BCUT2D eigenvalue weighted by molar-refractivity contribution is 0.174. The van der Waals surface area contributed by atoms with E-state index in [4.69, 9.17) is 21.1 Å². The van der Waals surface area contributed by atoms with E-state index in [9.17, 15) is 0 Å². The minimum atomic E-state index is 0.285. The van der Waals surface area contributed by atoms with Gasteiger partial charge in [0, 0.05) is 30.6 Å². The van der Waals surface area contributed by atoms with Crippen molar-refractivity contribution in [3.63, 3.8) is 0 Å². The SMILES string of the molecule is CCN(CCCl)c1nccc2cc3c(cc12)OCO3. The fourth-order valence-electron chi connectivity index (χ4n) is 2.31. The molecule has 1 aliphatic rings. The lowest BCUT2D eigenvalue weighted by Crippen LogP contribution is -2.26. The first-order chi connectivity index (χ1) is 9.33. The summed E-state index contributed by atoms with van der Waals surface area (Å²) in [5, 5.41) is 2.17. The minimum absolute atomic E-state index is 0.285. The number of benzene rings is 1. The van der Waals surface area contributed by atoms with Gasteiger partial charge in [0.1, 0.15) is 5.82 Å². The van der Waals surface area contributed by atoms with E-state index in [1.165, 1.54) is 0 Å². The molecule has 0 spiro atoms. The van der Waals surface area contributed by atoms with Crippen LogP contribution < -0.4 is 14.4 Å². The van der Waals surface area contributed by atoms with E-state index in [0.717, 1.165) is 41.2 Å². The van der Waals surface area contributed by atoms with E-state index < -0.39 is 0 Å². The Morgan fingerprint density at radius 2 is 2.11 bits per heavy atom. The number of nitrogens with zero attached hydrogens (tertiary/aromatic N) is 2. The molecule has 1 aromatic heterocycles. The first kappa shape index (κ1) is 12.4. The third-order valence-electron chi connectivity index (χ3n) is 3.27. The molecule has 100 valence electrons. The molecule has 2 aromatic rings. The molecule has 1 aromatic carbocycles. The maximum absolute atomic E-state index is 5.86. The summed E-state index contributed by atoms with van der Waals surface area (Å²) in [7, 11) is 0. The van der Waals surface area contributed by atoms with Crippen molar-refractivity contribution < 1.29 is 9.47 Å². The molecule has 0 N–H and O–H groups in total.